The normalized spacial score (nSPS) is 11.0. The third-order valence-electron chi connectivity index (χ3n) is 5.21. The Kier molecular flexibility index (Phi) is 10.2. The molecule has 0 aliphatic rings. The van der Waals surface area contributed by atoms with E-state index >= 15 is 0 Å². The first kappa shape index (κ1) is 28.6. The summed E-state index contributed by atoms with van der Waals surface area (Å²) in [7, 11) is 4.62. The van der Waals surface area contributed by atoms with Gasteiger partial charge in [-0.25, -0.2) is 14.6 Å². The lowest BCUT2D eigenvalue weighted by Gasteiger charge is -2.08. The summed E-state index contributed by atoms with van der Waals surface area (Å²) in [6.45, 7) is 3.83. The van der Waals surface area contributed by atoms with Crippen LogP contribution in [0.15, 0.2) is 29.8 Å². The summed E-state index contributed by atoms with van der Waals surface area (Å²) >= 11 is 2.33. The van der Waals surface area contributed by atoms with Gasteiger partial charge in [0, 0.05) is 24.3 Å². The Morgan fingerprint density at radius 1 is 1.11 bits per heavy atom. The van der Waals surface area contributed by atoms with E-state index in [9.17, 15) is 14.9 Å². The first-order valence-corrected chi connectivity index (χ1v) is 13.1. The Morgan fingerprint density at radius 2 is 1.87 bits per heavy atom. The van der Waals surface area contributed by atoms with Crippen LogP contribution in [0.1, 0.15) is 37.5 Å². The van der Waals surface area contributed by atoms with E-state index in [0.29, 0.717) is 32.8 Å². The SMILES string of the molecule is CCOC(=O)c1c(NC=C(C#N)c2nc(-c3ccc(OC)c(OC)c3)cs2)sc(C(=O)OCCOC)c1C. The van der Waals surface area contributed by atoms with Gasteiger partial charge in [-0.3, -0.25) is 0 Å². The molecule has 0 radical (unpaired) electrons. The number of aromatic nitrogens is 1. The topological polar surface area (TPSA) is 129 Å². The lowest BCUT2D eigenvalue weighted by atomic mass is 10.1. The van der Waals surface area contributed by atoms with Crippen molar-refractivity contribution in [3.8, 4) is 28.8 Å². The highest BCUT2D eigenvalue weighted by Gasteiger charge is 2.26. The van der Waals surface area contributed by atoms with Crippen LogP contribution in [0, 0.1) is 18.3 Å². The minimum atomic E-state index is -0.586. The van der Waals surface area contributed by atoms with Crippen LogP contribution >= 0.6 is 22.7 Å². The summed E-state index contributed by atoms with van der Waals surface area (Å²) < 4.78 is 26.0. The summed E-state index contributed by atoms with van der Waals surface area (Å²) in [5.41, 5.74) is 2.33. The monoisotopic (exact) mass is 557 g/mol. The van der Waals surface area contributed by atoms with Crippen LogP contribution in [0.25, 0.3) is 16.8 Å². The molecule has 0 saturated heterocycles. The third-order valence-corrected chi connectivity index (χ3v) is 7.29. The second kappa shape index (κ2) is 13.6. The van der Waals surface area contributed by atoms with Gasteiger partial charge in [-0.2, -0.15) is 5.26 Å². The molecule has 2 aromatic heterocycles. The Bertz CT molecular complexity index is 1370. The molecule has 1 N–H and O–H groups in total. The predicted octanol–water partition coefficient (Wildman–Crippen LogP) is 5.15. The number of nitrogens with one attached hydrogen (secondary N) is 1. The molecule has 2 heterocycles. The second-order valence-electron chi connectivity index (χ2n) is 7.53. The number of hydrogen-bond donors (Lipinski definition) is 1. The van der Waals surface area contributed by atoms with E-state index in [1.807, 2.05) is 11.4 Å². The van der Waals surface area contributed by atoms with Crippen LogP contribution in [0.2, 0.25) is 0 Å². The lowest BCUT2D eigenvalue weighted by molar-refractivity contribution is 0.0393. The third kappa shape index (κ3) is 6.49. The van der Waals surface area contributed by atoms with Gasteiger partial charge in [-0.15, -0.1) is 22.7 Å². The van der Waals surface area contributed by atoms with Gasteiger partial charge in [0.25, 0.3) is 0 Å². The molecule has 0 bridgehead atoms. The molecular weight excluding hydrogens is 530 g/mol. The summed E-state index contributed by atoms with van der Waals surface area (Å²) in [5.74, 6) is -0.00353. The summed E-state index contributed by atoms with van der Waals surface area (Å²) in [4.78, 5) is 30.1. The van der Waals surface area contributed by atoms with E-state index in [0.717, 1.165) is 16.9 Å². The van der Waals surface area contributed by atoms with E-state index in [1.165, 1.54) is 24.6 Å². The number of thiazole rings is 1. The molecule has 3 aromatic rings. The van der Waals surface area contributed by atoms with Crippen molar-refractivity contribution in [3.63, 3.8) is 0 Å². The minimum absolute atomic E-state index is 0.0785. The number of nitriles is 1. The molecule has 0 atom stereocenters. The Hall–Kier alpha value is -3.92. The van der Waals surface area contributed by atoms with Crippen molar-refractivity contribution in [2.45, 2.75) is 13.8 Å². The van der Waals surface area contributed by atoms with Crippen LogP contribution in [0.4, 0.5) is 5.00 Å². The predicted molar refractivity (Wildman–Crippen MR) is 145 cm³/mol. The zero-order chi connectivity index (χ0) is 27.7. The van der Waals surface area contributed by atoms with Gasteiger partial charge in [0.05, 0.1) is 38.7 Å². The Labute approximate surface area is 228 Å². The fourth-order valence-corrected chi connectivity index (χ4v) is 5.20. The van der Waals surface area contributed by atoms with E-state index in [1.54, 1.807) is 40.2 Å². The van der Waals surface area contributed by atoms with Crippen LogP contribution in [-0.4, -0.2) is 58.1 Å². The van der Waals surface area contributed by atoms with Gasteiger partial charge < -0.3 is 29.0 Å². The summed E-state index contributed by atoms with van der Waals surface area (Å²) in [5, 5.41) is 15.5. The molecule has 38 heavy (non-hydrogen) atoms. The number of allylic oxidation sites excluding steroid dienone is 1. The Morgan fingerprint density at radius 3 is 2.53 bits per heavy atom. The van der Waals surface area contributed by atoms with Gasteiger partial charge in [0.1, 0.15) is 33.1 Å². The van der Waals surface area contributed by atoms with Crippen molar-refractivity contribution in [1.82, 2.24) is 4.98 Å². The molecule has 0 aliphatic heterocycles. The zero-order valence-electron chi connectivity index (χ0n) is 21.6. The summed E-state index contributed by atoms with van der Waals surface area (Å²) in [6.07, 6.45) is 1.45. The van der Waals surface area contributed by atoms with E-state index in [4.69, 9.17) is 23.7 Å². The van der Waals surface area contributed by atoms with Crippen molar-refractivity contribution in [1.29, 1.82) is 5.26 Å². The maximum absolute atomic E-state index is 12.7. The fourth-order valence-electron chi connectivity index (χ4n) is 3.35. The van der Waals surface area contributed by atoms with Crippen LogP contribution in [0.5, 0.6) is 11.5 Å². The van der Waals surface area contributed by atoms with Gasteiger partial charge in [-0.05, 0) is 37.6 Å². The number of esters is 2. The molecule has 200 valence electrons. The standard InChI is InChI=1S/C26H27N3O7S2/c1-6-35-25(30)21-15(2)22(26(31)36-10-9-32-3)38-24(21)28-13-17(12-27)23-29-18(14-37-23)16-7-8-19(33-4)20(11-16)34-5/h7-8,11,13-14,28H,6,9-10H2,1-5H3. The zero-order valence-corrected chi connectivity index (χ0v) is 23.2. The molecule has 10 nitrogen and oxygen atoms in total. The van der Waals surface area contributed by atoms with Crippen LogP contribution < -0.4 is 14.8 Å². The number of carbonyl (C=O) groups excluding carboxylic acids is 2. The molecule has 3 rings (SSSR count). The molecule has 0 fully saturated rings. The molecule has 0 saturated carbocycles. The average molecular weight is 558 g/mol. The van der Waals surface area contributed by atoms with E-state index in [-0.39, 0.29) is 35.8 Å². The minimum Gasteiger partial charge on any atom is -0.493 e. The molecule has 0 spiro atoms. The molecule has 1 aromatic carbocycles. The van der Waals surface area contributed by atoms with E-state index in [2.05, 4.69) is 16.4 Å². The number of rotatable bonds is 12. The number of thiophene rings is 1. The maximum Gasteiger partial charge on any atom is 0.348 e. The van der Waals surface area contributed by atoms with Crippen molar-refractivity contribution < 1.29 is 33.3 Å². The average Bonchev–Trinajstić information content (AvgIpc) is 3.54. The molecule has 0 amide bonds. The molecule has 12 heteroatoms. The number of nitrogens with zero attached hydrogens (tertiary/aromatic N) is 2. The largest absolute Gasteiger partial charge is 0.493 e. The number of benzene rings is 1. The highest BCUT2D eigenvalue weighted by Crippen LogP contribution is 2.36. The van der Waals surface area contributed by atoms with E-state index < -0.39 is 11.9 Å². The van der Waals surface area contributed by atoms with Crippen molar-refractivity contribution in [2.24, 2.45) is 0 Å². The van der Waals surface area contributed by atoms with Crippen LogP contribution in [-0.2, 0) is 14.2 Å². The molecule has 0 aliphatic carbocycles. The van der Waals surface area contributed by atoms with Crippen LogP contribution in [0.3, 0.4) is 0 Å². The lowest BCUT2D eigenvalue weighted by Crippen LogP contribution is -2.11. The second-order valence-corrected chi connectivity index (χ2v) is 9.41. The summed E-state index contributed by atoms with van der Waals surface area (Å²) in [6, 6.07) is 7.57. The van der Waals surface area contributed by atoms with Gasteiger partial charge in [0.15, 0.2) is 11.5 Å². The maximum atomic E-state index is 12.7. The number of ether oxygens (including phenoxy) is 5. The van der Waals surface area contributed by atoms with Crippen molar-refractivity contribution >= 4 is 45.2 Å². The highest BCUT2D eigenvalue weighted by molar-refractivity contribution is 7.18. The highest BCUT2D eigenvalue weighted by atomic mass is 32.1. The quantitative estimate of drug-likeness (QED) is 0.181. The molecule has 0 unspecified atom stereocenters. The molecular formula is C26H27N3O7S2. The Balaban J connectivity index is 1.91. The van der Waals surface area contributed by atoms with Gasteiger partial charge >= 0.3 is 11.9 Å². The number of methoxy groups -OCH3 is 3. The fraction of sp³-hybridized carbons (Fsp3) is 0.308. The first-order chi connectivity index (χ1) is 18.4. The first-order valence-electron chi connectivity index (χ1n) is 11.4. The number of hydrogen-bond acceptors (Lipinski definition) is 12. The van der Waals surface area contributed by atoms with Gasteiger partial charge in [0.2, 0.25) is 0 Å². The van der Waals surface area contributed by atoms with Crippen molar-refractivity contribution in [3.05, 3.63) is 50.8 Å². The van der Waals surface area contributed by atoms with Crippen molar-refractivity contribution in [2.75, 3.05) is 46.5 Å². The van der Waals surface area contributed by atoms with Gasteiger partial charge in [-0.1, -0.05) is 0 Å². The number of carbonyl (C=O) groups is 2. The smallest absolute Gasteiger partial charge is 0.348 e. The number of anilines is 1.